The fraction of sp³-hybridized carbons (Fsp3) is 0.286. The molecule has 0 saturated heterocycles. The number of carbonyl (C=O) groups is 1. The van der Waals surface area contributed by atoms with Crippen molar-refractivity contribution in [1.29, 1.82) is 0 Å². The van der Waals surface area contributed by atoms with Crippen LogP contribution in [-0.4, -0.2) is 15.8 Å². The van der Waals surface area contributed by atoms with Crippen LogP contribution in [0, 0.1) is 13.8 Å². The maximum Gasteiger partial charge on any atom is 0.258 e. The molecule has 0 bridgehead atoms. The van der Waals surface area contributed by atoms with Gasteiger partial charge in [0.05, 0.1) is 17.8 Å². The summed E-state index contributed by atoms with van der Waals surface area (Å²) < 4.78 is 5.41. The summed E-state index contributed by atoms with van der Waals surface area (Å²) in [6.07, 6.45) is 1.76. The standard InChI is InChI=1S/C14H14N2O2/c1-9-6-12(10(2)18-9)14(17)16-7-11-4-3-5-15-13(11)8-16/h3-6H,7-8H2,1-2H3. The monoisotopic (exact) mass is 242 g/mol. The van der Waals surface area contributed by atoms with E-state index in [2.05, 4.69) is 4.98 Å². The van der Waals surface area contributed by atoms with E-state index < -0.39 is 0 Å². The van der Waals surface area contributed by atoms with Crippen LogP contribution in [0.15, 0.2) is 28.8 Å². The van der Waals surface area contributed by atoms with Crippen molar-refractivity contribution in [1.82, 2.24) is 9.88 Å². The maximum absolute atomic E-state index is 12.4. The Morgan fingerprint density at radius 3 is 2.89 bits per heavy atom. The highest BCUT2D eigenvalue weighted by Gasteiger charge is 2.27. The molecule has 92 valence electrons. The molecule has 3 heterocycles. The minimum atomic E-state index is 0.0161. The predicted molar refractivity (Wildman–Crippen MR) is 66.0 cm³/mol. The number of pyridine rings is 1. The van der Waals surface area contributed by atoms with Gasteiger partial charge in [0.25, 0.3) is 5.91 Å². The minimum Gasteiger partial charge on any atom is -0.466 e. The van der Waals surface area contributed by atoms with Crippen LogP contribution in [0.1, 0.15) is 33.1 Å². The van der Waals surface area contributed by atoms with Gasteiger partial charge in [0.1, 0.15) is 11.5 Å². The van der Waals surface area contributed by atoms with E-state index in [0.717, 1.165) is 17.0 Å². The van der Waals surface area contributed by atoms with E-state index in [1.807, 2.05) is 26.0 Å². The second-order valence-corrected chi connectivity index (χ2v) is 4.60. The summed E-state index contributed by atoms with van der Waals surface area (Å²) >= 11 is 0. The van der Waals surface area contributed by atoms with E-state index in [4.69, 9.17) is 4.42 Å². The summed E-state index contributed by atoms with van der Waals surface area (Å²) in [5.41, 5.74) is 2.77. The van der Waals surface area contributed by atoms with Crippen molar-refractivity contribution >= 4 is 5.91 Å². The normalized spacial score (nSPS) is 13.8. The fourth-order valence-corrected chi connectivity index (χ4v) is 2.36. The number of hydrogen-bond donors (Lipinski definition) is 0. The number of furan rings is 1. The Balaban J connectivity index is 1.87. The van der Waals surface area contributed by atoms with E-state index in [1.165, 1.54) is 0 Å². The molecule has 0 radical (unpaired) electrons. The summed E-state index contributed by atoms with van der Waals surface area (Å²) in [6.45, 7) is 4.89. The first-order valence-corrected chi connectivity index (χ1v) is 5.94. The first-order valence-electron chi connectivity index (χ1n) is 5.94. The molecule has 0 atom stereocenters. The van der Waals surface area contributed by atoms with Crippen LogP contribution in [-0.2, 0) is 13.1 Å². The third-order valence-corrected chi connectivity index (χ3v) is 3.24. The summed E-state index contributed by atoms with van der Waals surface area (Å²) in [6, 6.07) is 5.72. The van der Waals surface area contributed by atoms with Crippen LogP contribution in [0.4, 0.5) is 0 Å². The molecule has 2 aromatic heterocycles. The van der Waals surface area contributed by atoms with Crippen LogP contribution in [0.5, 0.6) is 0 Å². The largest absolute Gasteiger partial charge is 0.466 e. The van der Waals surface area contributed by atoms with Crippen LogP contribution in [0.3, 0.4) is 0 Å². The van der Waals surface area contributed by atoms with Crippen LogP contribution in [0.2, 0.25) is 0 Å². The SMILES string of the molecule is Cc1cc(C(=O)N2Cc3cccnc3C2)c(C)o1. The van der Waals surface area contributed by atoms with Crippen molar-refractivity contribution in [3.63, 3.8) is 0 Å². The summed E-state index contributed by atoms with van der Waals surface area (Å²) in [5, 5.41) is 0. The van der Waals surface area contributed by atoms with Crippen molar-refractivity contribution in [2.45, 2.75) is 26.9 Å². The number of rotatable bonds is 1. The molecule has 1 aliphatic heterocycles. The zero-order chi connectivity index (χ0) is 12.7. The third-order valence-electron chi connectivity index (χ3n) is 3.24. The number of aromatic nitrogens is 1. The molecule has 3 rings (SSSR count). The highest BCUT2D eigenvalue weighted by atomic mass is 16.3. The maximum atomic E-state index is 12.4. The van der Waals surface area contributed by atoms with Gasteiger partial charge in [0, 0.05) is 12.7 Å². The molecule has 0 aliphatic carbocycles. The quantitative estimate of drug-likeness (QED) is 0.771. The van der Waals surface area contributed by atoms with Gasteiger partial charge in [-0.2, -0.15) is 0 Å². The van der Waals surface area contributed by atoms with Gasteiger partial charge in [-0.1, -0.05) is 6.07 Å². The molecule has 0 saturated carbocycles. The summed E-state index contributed by atoms with van der Waals surface area (Å²) in [5.74, 6) is 1.47. The predicted octanol–water partition coefficient (Wildman–Crippen LogP) is 2.45. The average Bonchev–Trinajstić information content (AvgIpc) is 2.91. The second kappa shape index (κ2) is 3.98. The molecule has 4 heteroatoms. The smallest absolute Gasteiger partial charge is 0.258 e. The van der Waals surface area contributed by atoms with Crippen LogP contribution in [0.25, 0.3) is 0 Å². The van der Waals surface area contributed by atoms with Crippen LogP contribution < -0.4 is 0 Å². The van der Waals surface area contributed by atoms with Crippen molar-refractivity contribution in [3.05, 3.63) is 52.7 Å². The van der Waals surface area contributed by atoms with Gasteiger partial charge >= 0.3 is 0 Å². The highest BCUT2D eigenvalue weighted by molar-refractivity contribution is 5.95. The number of nitrogens with zero attached hydrogens (tertiary/aromatic N) is 2. The van der Waals surface area contributed by atoms with Crippen molar-refractivity contribution in [2.24, 2.45) is 0 Å². The van der Waals surface area contributed by atoms with Crippen molar-refractivity contribution in [2.75, 3.05) is 0 Å². The lowest BCUT2D eigenvalue weighted by Gasteiger charge is -2.14. The Kier molecular flexibility index (Phi) is 2.44. The van der Waals surface area contributed by atoms with Gasteiger partial charge in [-0.3, -0.25) is 9.78 Å². The Labute approximate surface area is 105 Å². The van der Waals surface area contributed by atoms with Crippen molar-refractivity contribution < 1.29 is 9.21 Å². The van der Waals surface area contributed by atoms with E-state index >= 15 is 0 Å². The first kappa shape index (κ1) is 11.0. The second-order valence-electron chi connectivity index (χ2n) is 4.60. The summed E-state index contributed by atoms with van der Waals surface area (Å²) in [7, 11) is 0. The molecule has 0 aromatic carbocycles. The highest BCUT2D eigenvalue weighted by Crippen LogP contribution is 2.24. The molecule has 1 aliphatic rings. The molecular weight excluding hydrogens is 228 g/mol. The molecule has 0 fully saturated rings. The zero-order valence-corrected chi connectivity index (χ0v) is 10.4. The molecule has 18 heavy (non-hydrogen) atoms. The topological polar surface area (TPSA) is 46.3 Å². The number of hydrogen-bond acceptors (Lipinski definition) is 3. The molecule has 4 nitrogen and oxygen atoms in total. The third kappa shape index (κ3) is 1.70. The lowest BCUT2D eigenvalue weighted by molar-refractivity contribution is 0.0748. The van der Waals surface area contributed by atoms with Gasteiger partial charge in [-0.25, -0.2) is 0 Å². The Morgan fingerprint density at radius 2 is 2.22 bits per heavy atom. The average molecular weight is 242 g/mol. The van der Waals surface area contributed by atoms with Gasteiger partial charge in [-0.05, 0) is 31.5 Å². The van der Waals surface area contributed by atoms with Gasteiger partial charge in [-0.15, -0.1) is 0 Å². The lowest BCUT2D eigenvalue weighted by Crippen LogP contribution is -2.25. The molecule has 0 spiro atoms. The minimum absolute atomic E-state index is 0.0161. The van der Waals surface area contributed by atoms with E-state index in [-0.39, 0.29) is 5.91 Å². The fourth-order valence-electron chi connectivity index (χ4n) is 2.36. The molecule has 2 aromatic rings. The molecule has 1 amide bonds. The van der Waals surface area contributed by atoms with Gasteiger partial charge in [0.2, 0.25) is 0 Å². The van der Waals surface area contributed by atoms with Crippen molar-refractivity contribution in [3.8, 4) is 0 Å². The number of aryl methyl sites for hydroxylation is 2. The molecule has 0 unspecified atom stereocenters. The zero-order valence-electron chi connectivity index (χ0n) is 10.4. The molecule has 0 N–H and O–H groups in total. The number of amides is 1. The lowest BCUT2D eigenvalue weighted by atomic mass is 10.2. The number of fused-ring (bicyclic) bond motifs is 1. The van der Waals surface area contributed by atoms with Gasteiger partial charge < -0.3 is 9.32 Å². The Morgan fingerprint density at radius 1 is 1.39 bits per heavy atom. The first-order chi connectivity index (χ1) is 8.65. The summed E-state index contributed by atoms with van der Waals surface area (Å²) in [4.78, 5) is 18.5. The van der Waals surface area contributed by atoms with Crippen LogP contribution >= 0.6 is 0 Å². The van der Waals surface area contributed by atoms with Gasteiger partial charge in [0.15, 0.2) is 0 Å². The molecular formula is C14H14N2O2. The Hall–Kier alpha value is -2.10. The Bertz CT molecular complexity index is 591. The van der Waals surface area contributed by atoms with E-state index in [0.29, 0.717) is 24.4 Å². The van der Waals surface area contributed by atoms with E-state index in [9.17, 15) is 4.79 Å². The van der Waals surface area contributed by atoms with E-state index in [1.54, 1.807) is 17.2 Å². The number of carbonyl (C=O) groups excluding carboxylic acids is 1.